The summed E-state index contributed by atoms with van der Waals surface area (Å²) in [5.41, 5.74) is 3.12. The third-order valence-electron chi connectivity index (χ3n) is 7.09. The number of amides is 1. The van der Waals surface area contributed by atoms with Crippen molar-refractivity contribution in [1.82, 2.24) is 9.29 Å². The second-order valence-corrected chi connectivity index (χ2v) is 12.5. The lowest BCUT2D eigenvalue weighted by molar-refractivity contribution is -0.123. The van der Waals surface area contributed by atoms with Crippen LogP contribution >= 0.6 is 11.3 Å². The molecule has 36 heavy (non-hydrogen) atoms. The van der Waals surface area contributed by atoms with Gasteiger partial charge in [0, 0.05) is 25.6 Å². The van der Waals surface area contributed by atoms with Gasteiger partial charge in [-0.25, -0.2) is 17.8 Å². The summed E-state index contributed by atoms with van der Waals surface area (Å²) in [6, 6.07) is 8.97. The van der Waals surface area contributed by atoms with Gasteiger partial charge in [0.15, 0.2) is 5.13 Å². The van der Waals surface area contributed by atoms with E-state index in [4.69, 9.17) is 9.72 Å². The highest BCUT2D eigenvalue weighted by Crippen LogP contribution is 2.35. The third-order valence-corrected chi connectivity index (χ3v) is 10.2. The zero-order chi connectivity index (χ0) is 25.4. The molecule has 0 aliphatic carbocycles. The van der Waals surface area contributed by atoms with Crippen LogP contribution in [0.3, 0.4) is 0 Å². The van der Waals surface area contributed by atoms with Crippen LogP contribution in [0.4, 0.5) is 9.52 Å². The van der Waals surface area contributed by atoms with Crippen molar-refractivity contribution < 1.29 is 22.3 Å². The minimum absolute atomic E-state index is 0.0258. The number of aromatic nitrogens is 1. The van der Waals surface area contributed by atoms with Crippen molar-refractivity contribution in [2.45, 2.75) is 50.5 Å². The molecule has 3 aromatic rings. The van der Waals surface area contributed by atoms with Crippen LogP contribution in [0, 0.1) is 25.6 Å². The molecule has 2 aliphatic rings. The van der Waals surface area contributed by atoms with E-state index in [1.54, 1.807) is 4.90 Å². The number of ether oxygens (including phenoxy) is 1. The van der Waals surface area contributed by atoms with Crippen molar-refractivity contribution in [2.75, 3.05) is 31.1 Å². The first-order valence-corrected chi connectivity index (χ1v) is 14.5. The number of benzene rings is 2. The van der Waals surface area contributed by atoms with Gasteiger partial charge in [-0.2, -0.15) is 4.31 Å². The molecule has 3 heterocycles. The van der Waals surface area contributed by atoms with Gasteiger partial charge in [0.2, 0.25) is 15.9 Å². The zero-order valence-electron chi connectivity index (χ0n) is 20.4. The van der Waals surface area contributed by atoms with E-state index in [1.165, 1.54) is 27.8 Å². The van der Waals surface area contributed by atoms with Gasteiger partial charge in [0.25, 0.3) is 0 Å². The molecule has 1 unspecified atom stereocenters. The summed E-state index contributed by atoms with van der Waals surface area (Å²) in [6.07, 6.45) is 2.70. The van der Waals surface area contributed by atoms with Gasteiger partial charge in [-0.05, 0) is 74.9 Å². The highest BCUT2D eigenvalue weighted by atomic mass is 32.2. The lowest BCUT2D eigenvalue weighted by atomic mass is 9.96. The average molecular weight is 532 g/mol. The number of thiazole rings is 1. The number of fused-ring (bicyclic) bond motifs is 1. The summed E-state index contributed by atoms with van der Waals surface area (Å²) in [5, 5.41) is 0.671. The van der Waals surface area contributed by atoms with Crippen molar-refractivity contribution in [3.63, 3.8) is 0 Å². The van der Waals surface area contributed by atoms with Crippen LogP contribution in [0.25, 0.3) is 10.2 Å². The van der Waals surface area contributed by atoms with Crippen LogP contribution in [-0.2, 0) is 19.6 Å². The maximum absolute atomic E-state index is 13.8. The predicted molar refractivity (Wildman–Crippen MR) is 138 cm³/mol. The molecule has 0 spiro atoms. The summed E-state index contributed by atoms with van der Waals surface area (Å²) in [4.78, 5) is 20.5. The smallest absolute Gasteiger partial charge is 0.243 e. The number of carbonyl (C=O) groups excluding carboxylic acids is 1. The zero-order valence-corrected chi connectivity index (χ0v) is 22.1. The normalized spacial score (nSPS) is 19.7. The molecule has 2 fully saturated rings. The SMILES string of the molecule is Cc1ccc(C)c2sc(N(CC3CCCO3)C(=O)C3CCN(S(=O)(=O)c4ccc(F)cc4)CC3)nc12. The van der Waals surface area contributed by atoms with Gasteiger partial charge in [-0.1, -0.05) is 23.5 Å². The summed E-state index contributed by atoms with van der Waals surface area (Å²) in [5.74, 6) is -0.816. The molecule has 7 nitrogen and oxygen atoms in total. The molecule has 5 rings (SSSR count). The molecule has 1 aromatic heterocycles. The fourth-order valence-electron chi connectivity index (χ4n) is 4.94. The third kappa shape index (κ3) is 4.91. The van der Waals surface area contributed by atoms with Crippen molar-refractivity contribution >= 4 is 42.6 Å². The van der Waals surface area contributed by atoms with Gasteiger partial charge in [-0.3, -0.25) is 9.69 Å². The Morgan fingerprint density at radius 2 is 1.81 bits per heavy atom. The number of hydrogen-bond donors (Lipinski definition) is 0. The molecule has 2 saturated heterocycles. The molecule has 0 radical (unpaired) electrons. The number of aryl methyl sites for hydroxylation is 2. The molecule has 1 atom stereocenters. The Bertz CT molecular complexity index is 1320. The van der Waals surface area contributed by atoms with Crippen molar-refractivity contribution in [1.29, 1.82) is 0 Å². The Labute approximate surface area is 214 Å². The van der Waals surface area contributed by atoms with E-state index in [0.29, 0.717) is 31.1 Å². The molecule has 2 aliphatic heterocycles. The molecule has 192 valence electrons. The Kier molecular flexibility index (Phi) is 7.13. The molecule has 0 bridgehead atoms. The van der Waals surface area contributed by atoms with Gasteiger partial charge >= 0.3 is 0 Å². The van der Waals surface area contributed by atoms with Crippen LogP contribution in [0.1, 0.15) is 36.8 Å². The lowest BCUT2D eigenvalue weighted by Crippen LogP contribution is -2.46. The van der Waals surface area contributed by atoms with Crippen LogP contribution < -0.4 is 4.90 Å². The Morgan fingerprint density at radius 3 is 2.44 bits per heavy atom. The van der Waals surface area contributed by atoms with E-state index in [-0.39, 0.29) is 35.9 Å². The van der Waals surface area contributed by atoms with Gasteiger partial charge in [0.1, 0.15) is 5.82 Å². The number of hydrogen-bond acceptors (Lipinski definition) is 6. The number of halogens is 1. The van der Waals surface area contributed by atoms with Crippen LogP contribution in [-0.4, -0.2) is 56.0 Å². The number of piperidine rings is 1. The molecular weight excluding hydrogens is 501 g/mol. The first-order valence-electron chi connectivity index (χ1n) is 12.3. The van der Waals surface area contributed by atoms with E-state index >= 15 is 0 Å². The molecular formula is C26H30FN3O4S2. The van der Waals surface area contributed by atoms with Crippen LogP contribution in [0.15, 0.2) is 41.3 Å². The Hall–Kier alpha value is -2.40. The van der Waals surface area contributed by atoms with Gasteiger partial charge in [0.05, 0.1) is 27.8 Å². The summed E-state index contributed by atoms with van der Waals surface area (Å²) < 4.78 is 47.6. The number of nitrogens with zero attached hydrogens (tertiary/aromatic N) is 3. The molecule has 2 aromatic carbocycles. The number of sulfonamides is 1. The Morgan fingerprint density at radius 1 is 1.11 bits per heavy atom. The maximum Gasteiger partial charge on any atom is 0.243 e. The minimum atomic E-state index is -3.73. The lowest BCUT2D eigenvalue weighted by Gasteiger charge is -2.33. The number of anilines is 1. The van der Waals surface area contributed by atoms with E-state index in [9.17, 15) is 17.6 Å². The van der Waals surface area contributed by atoms with Crippen molar-refractivity contribution in [3.05, 3.63) is 53.3 Å². The van der Waals surface area contributed by atoms with Gasteiger partial charge in [-0.15, -0.1) is 0 Å². The summed E-state index contributed by atoms with van der Waals surface area (Å²) in [7, 11) is -3.73. The van der Waals surface area contributed by atoms with Crippen LogP contribution in [0.2, 0.25) is 0 Å². The number of carbonyl (C=O) groups is 1. The van der Waals surface area contributed by atoms with E-state index in [1.807, 2.05) is 19.9 Å². The second kappa shape index (κ2) is 10.2. The minimum Gasteiger partial charge on any atom is -0.376 e. The topological polar surface area (TPSA) is 79.8 Å². The molecule has 1 amide bonds. The highest BCUT2D eigenvalue weighted by molar-refractivity contribution is 7.89. The van der Waals surface area contributed by atoms with Crippen LogP contribution in [0.5, 0.6) is 0 Å². The largest absolute Gasteiger partial charge is 0.376 e. The van der Waals surface area contributed by atoms with Gasteiger partial charge < -0.3 is 4.74 Å². The average Bonchev–Trinajstić information content (AvgIpc) is 3.56. The predicted octanol–water partition coefficient (Wildman–Crippen LogP) is 4.67. The fourth-order valence-corrected chi connectivity index (χ4v) is 7.53. The van der Waals surface area contributed by atoms with Crippen molar-refractivity contribution in [3.8, 4) is 0 Å². The van der Waals surface area contributed by atoms with Crippen molar-refractivity contribution in [2.24, 2.45) is 5.92 Å². The van der Waals surface area contributed by atoms with E-state index in [0.717, 1.165) is 46.3 Å². The van der Waals surface area contributed by atoms with E-state index in [2.05, 4.69) is 6.07 Å². The maximum atomic E-state index is 13.8. The standard InChI is InChI=1S/C26H30FN3O4S2/c1-17-5-6-18(2)24-23(17)28-26(35-24)30(16-21-4-3-15-34-21)25(31)19-11-13-29(14-12-19)36(32,33)22-9-7-20(27)8-10-22/h5-10,19,21H,3-4,11-16H2,1-2H3. The molecule has 10 heteroatoms. The summed E-state index contributed by atoms with van der Waals surface area (Å²) in [6.45, 7) is 5.70. The second-order valence-electron chi connectivity index (χ2n) is 9.59. The summed E-state index contributed by atoms with van der Waals surface area (Å²) >= 11 is 1.53. The monoisotopic (exact) mass is 531 g/mol. The highest BCUT2D eigenvalue weighted by Gasteiger charge is 2.36. The molecule has 0 saturated carbocycles. The first-order chi connectivity index (χ1) is 17.2. The number of rotatable bonds is 6. The Balaban J connectivity index is 1.36. The fraction of sp³-hybridized carbons (Fsp3) is 0.462. The molecule has 0 N–H and O–H groups in total. The first kappa shape index (κ1) is 25.3. The quantitative estimate of drug-likeness (QED) is 0.462. The van der Waals surface area contributed by atoms with E-state index < -0.39 is 15.8 Å².